The first-order chi connectivity index (χ1) is 35.0. The number of aromatic nitrogens is 2. The number of halogens is 1. The zero-order valence-electron chi connectivity index (χ0n) is 41.6. The van der Waals surface area contributed by atoms with Crippen molar-refractivity contribution in [1.29, 1.82) is 0 Å². The third-order valence-corrected chi connectivity index (χ3v) is 17.5. The van der Waals surface area contributed by atoms with Gasteiger partial charge < -0.3 is 38.6 Å². The first-order valence-corrected chi connectivity index (χ1v) is 28.4. The molecular weight excluding hydrogens is 997 g/mol. The normalized spacial score (nSPS) is 18.9. The molecule has 2 saturated heterocycles. The summed E-state index contributed by atoms with van der Waals surface area (Å²) in [7, 11) is -8.02. The number of carbonyl (C=O) groups excluding carboxylic acids is 1. The van der Waals surface area contributed by atoms with E-state index in [4.69, 9.17) is 35.1 Å². The van der Waals surface area contributed by atoms with Crippen LogP contribution < -0.4 is 24.6 Å². The van der Waals surface area contributed by atoms with Gasteiger partial charge in [-0.1, -0.05) is 43.2 Å². The van der Waals surface area contributed by atoms with Crippen LogP contribution in [0, 0.1) is 15.5 Å². The number of nitro benzene ring substituents is 1. The van der Waals surface area contributed by atoms with Crippen molar-refractivity contribution in [2.24, 2.45) is 5.41 Å². The highest BCUT2D eigenvalue weighted by molar-refractivity contribution is 7.90. The lowest BCUT2D eigenvalue weighted by Gasteiger charge is -2.39. The second-order valence-corrected chi connectivity index (χ2v) is 23.7. The van der Waals surface area contributed by atoms with Crippen LogP contribution >= 0.6 is 19.2 Å². The highest BCUT2D eigenvalue weighted by atomic mass is 35.5. The molecule has 0 bridgehead atoms. The number of morpholine rings is 1. The van der Waals surface area contributed by atoms with Gasteiger partial charge in [0, 0.05) is 80.7 Å². The fourth-order valence-corrected chi connectivity index (χ4v) is 13.0. The van der Waals surface area contributed by atoms with Crippen molar-refractivity contribution in [2.45, 2.75) is 58.0 Å². The van der Waals surface area contributed by atoms with Crippen molar-refractivity contribution in [2.75, 3.05) is 107 Å². The number of nitro groups is 1. The summed E-state index contributed by atoms with van der Waals surface area (Å²) in [6, 6.07) is 20.8. The maximum Gasteiger partial charge on any atom is 0.344 e. The maximum atomic E-state index is 14.4. The average molecular weight is 1060 g/mol. The van der Waals surface area contributed by atoms with E-state index in [-0.39, 0.29) is 49.3 Å². The Bertz CT molecular complexity index is 3030. The summed E-state index contributed by atoms with van der Waals surface area (Å²) in [5, 5.41) is 17.0. The van der Waals surface area contributed by atoms with Crippen molar-refractivity contribution in [3.8, 4) is 5.88 Å². The minimum absolute atomic E-state index is 0.0536. The average Bonchev–Trinajstić information content (AvgIpc) is 3.83. The number of piperazine rings is 1. The third-order valence-electron chi connectivity index (χ3n) is 13.8. The predicted molar refractivity (Wildman–Crippen MR) is 283 cm³/mol. The molecule has 3 aromatic carbocycles. The zero-order valence-corrected chi connectivity index (χ0v) is 44.1. The molecule has 2 fully saturated rings. The number of carbonyl (C=O) groups is 1. The van der Waals surface area contributed by atoms with Crippen molar-refractivity contribution in [3.05, 3.63) is 111 Å². The molecular formula is C51H63ClN9O10PS. The van der Waals surface area contributed by atoms with E-state index < -0.39 is 45.1 Å². The minimum atomic E-state index is -4.66. The van der Waals surface area contributed by atoms with Crippen LogP contribution in [-0.4, -0.2) is 137 Å². The van der Waals surface area contributed by atoms with Crippen LogP contribution in [0.1, 0.15) is 62.9 Å². The molecule has 4 aliphatic rings. The third kappa shape index (κ3) is 12.2. The number of nitrogens with one attached hydrogen (secondary N) is 3. The van der Waals surface area contributed by atoms with Gasteiger partial charge in [0.1, 0.15) is 29.9 Å². The monoisotopic (exact) mass is 1060 g/mol. The van der Waals surface area contributed by atoms with Gasteiger partial charge >= 0.3 is 7.60 Å². The molecule has 1 atom stereocenters. The van der Waals surface area contributed by atoms with E-state index in [1.54, 1.807) is 26.1 Å². The topological polar surface area (TPSA) is 214 Å². The van der Waals surface area contributed by atoms with E-state index in [0.29, 0.717) is 49.1 Å². The smallest absolute Gasteiger partial charge is 0.344 e. The number of hydrogen-bond acceptors (Lipinski definition) is 16. The Morgan fingerprint density at radius 2 is 1.73 bits per heavy atom. The van der Waals surface area contributed by atoms with Gasteiger partial charge in [0.2, 0.25) is 5.88 Å². The van der Waals surface area contributed by atoms with E-state index in [1.165, 1.54) is 28.8 Å². The molecule has 390 valence electrons. The summed E-state index contributed by atoms with van der Waals surface area (Å²) in [5.41, 5.74) is 6.47. The number of benzene rings is 3. The number of H-pyrrole nitrogens is 1. The zero-order chi connectivity index (χ0) is 51.5. The molecule has 0 radical (unpaired) electrons. The number of ether oxygens (including phenoxy) is 2. The molecule has 1 unspecified atom stereocenters. The van der Waals surface area contributed by atoms with Gasteiger partial charge in [-0.25, -0.2) is 13.1 Å². The first kappa shape index (κ1) is 52.3. The van der Waals surface area contributed by atoms with Gasteiger partial charge in [0.15, 0.2) is 0 Å². The number of sulfonamides is 1. The molecule has 73 heavy (non-hydrogen) atoms. The molecule has 2 aromatic heterocycles. The summed E-state index contributed by atoms with van der Waals surface area (Å²) >= 11 is 6.28. The summed E-state index contributed by atoms with van der Waals surface area (Å²) in [6.07, 6.45) is 4.56. The fraction of sp³-hybridized carbons (Fsp3) is 0.451. The van der Waals surface area contributed by atoms with Gasteiger partial charge in [0.05, 0.1) is 53.5 Å². The molecule has 1 aliphatic carbocycles. The lowest BCUT2D eigenvalue weighted by molar-refractivity contribution is -0.384. The lowest BCUT2D eigenvalue weighted by Crippen LogP contribution is -2.47. The molecule has 5 heterocycles. The van der Waals surface area contributed by atoms with E-state index in [0.717, 1.165) is 74.1 Å². The van der Waals surface area contributed by atoms with Gasteiger partial charge in [-0.05, 0) is 104 Å². The largest absolute Gasteiger partial charge is 0.474 e. The fourth-order valence-electron chi connectivity index (χ4n) is 10.1. The molecule has 5 aromatic rings. The van der Waals surface area contributed by atoms with E-state index in [1.807, 2.05) is 46.2 Å². The number of nitrogens with zero attached hydrogens (tertiary/aromatic N) is 6. The second kappa shape index (κ2) is 22.1. The van der Waals surface area contributed by atoms with E-state index in [2.05, 4.69) is 50.8 Å². The van der Waals surface area contributed by atoms with Crippen LogP contribution in [0.25, 0.3) is 16.6 Å². The number of fused-ring (bicyclic) bond motifs is 2. The molecule has 3 N–H and O–H groups in total. The summed E-state index contributed by atoms with van der Waals surface area (Å²) < 4.78 is 66.4. The van der Waals surface area contributed by atoms with Crippen LogP contribution in [0.2, 0.25) is 5.02 Å². The Morgan fingerprint density at radius 3 is 2.47 bits per heavy atom. The van der Waals surface area contributed by atoms with E-state index in [9.17, 15) is 27.9 Å². The molecule has 0 spiro atoms. The highest BCUT2D eigenvalue weighted by Gasteiger charge is 2.34. The summed E-state index contributed by atoms with van der Waals surface area (Å²) in [4.78, 5) is 42.1. The van der Waals surface area contributed by atoms with Crippen molar-refractivity contribution in [1.82, 2.24) is 24.5 Å². The SMILES string of the molecule is CCOP(=O)(CN1CCOC(CNc2ccc(S(=O)(=O)NC(=O)c3ccc(N4CCN(CC5=C(c6ccc(Cl)cc6)CC(C)(C)CC5)CC4)cc3N3CCOc4nc5[nH]ccc5cc43)cc2[N+](=O)[O-])C1)OCC. The van der Waals surface area contributed by atoms with E-state index >= 15 is 0 Å². The van der Waals surface area contributed by atoms with Crippen LogP contribution in [0.15, 0.2) is 89.5 Å². The highest BCUT2D eigenvalue weighted by Crippen LogP contribution is 2.49. The van der Waals surface area contributed by atoms with Gasteiger partial charge in [0.25, 0.3) is 21.6 Å². The first-order valence-electron chi connectivity index (χ1n) is 24.8. The van der Waals surface area contributed by atoms with Gasteiger partial charge in [-0.2, -0.15) is 4.98 Å². The Labute approximate surface area is 430 Å². The lowest BCUT2D eigenvalue weighted by atomic mass is 9.72. The second-order valence-electron chi connectivity index (χ2n) is 19.5. The van der Waals surface area contributed by atoms with Crippen molar-refractivity contribution < 1.29 is 41.2 Å². The Kier molecular flexibility index (Phi) is 15.8. The molecule has 3 aliphatic heterocycles. The maximum absolute atomic E-state index is 14.4. The number of allylic oxidation sites excluding steroid dienone is 1. The van der Waals surface area contributed by atoms with Gasteiger partial charge in [-0.3, -0.25) is 29.3 Å². The number of amides is 1. The molecule has 19 nitrogen and oxygen atoms in total. The Hall–Kier alpha value is -5.57. The Morgan fingerprint density at radius 1 is 0.959 bits per heavy atom. The van der Waals surface area contributed by atoms with Crippen LogP contribution in [-0.2, 0) is 28.4 Å². The molecule has 0 saturated carbocycles. The van der Waals surface area contributed by atoms with Crippen molar-refractivity contribution >= 4 is 80.2 Å². The predicted octanol–water partition coefficient (Wildman–Crippen LogP) is 8.90. The van der Waals surface area contributed by atoms with Crippen LogP contribution in [0.4, 0.5) is 28.4 Å². The summed E-state index contributed by atoms with van der Waals surface area (Å²) in [5.74, 6) is -0.558. The van der Waals surface area contributed by atoms with Crippen LogP contribution in [0.5, 0.6) is 5.88 Å². The number of anilines is 4. The van der Waals surface area contributed by atoms with Crippen LogP contribution in [0.3, 0.4) is 0 Å². The van der Waals surface area contributed by atoms with Gasteiger partial charge in [-0.15, -0.1) is 0 Å². The standard InChI is InChI=1S/C51H63ClN9O10PS/c1-5-70-72(65,71-6-2)34-58-23-25-68-40(33-58)31-54-44-14-12-41(29-46(44)61(63)64)73(66,67)56-49(62)42-13-11-39(28-45(42)60-24-26-69-50-47(60)27-36-16-18-53-48(36)55-50)59-21-19-57(20-22-59)32-37-15-17-51(3,4)30-43(37)35-7-9-38(52)10-8-35/h7-14,16,18,27-29,40,54H,5-6,15,17,19-26,30-34H2,1-4H3,(H,53,55)(H,56,62). The molecule has 9 rings (SSSR count). The Balaban J connectivity index is 0.933. The number of pyridine rings is 1. The minimum Gasteiger partial charge on any atom is -0.474 e. The molecule has 22 heteroatoms. The number of rotatable bonds is 18. The number of aromatic amines is 1. The molecule has 1 amide bonds. The van der Waals surface area contributed by atoms with Crippen molar-refractivity contribution in [3.63, 3.8) is 0 Å². The summed E-state index contributed by atoms with van der Waals surface area (Å²) in [6.45, 7) is 14.4. The number of hydrogen-bond donors (Lipinski definition) is 3. The quantitative estimate of drug-likeness (QED) is 0.0424.